The van der Waals surface area contributed by atoms with Gasteiger partial charge in [0, 0.05) is 58.0 Å². The molecule has 1 atom stereocenters. The van der Waals surface area contributed by atoms with Crippen LogP contribution in [-0.2, 0) is 0 Å². The lowest BCUT2D eigenvalue weighted by molar-refractivity contribution is 0.261. The second kappa shape index (κ2) is 11.5. The van der Waals surface area contributed by atoms with Crippen molar-refractivity contribution in [3.8, 4) is 0 Å². The van der Waals surface area contributed by atoms with Crippen LogP contribution in [0.4, 0.5) is 10.1 Å². The summed E-state index contributed by atoms with van der Waals surface area (Å²) in [5, 5.41) is 6.74. The molecule has 1 aromatic rings. The van der Waals surface area contributed by atoms with Gasteiger partial charge in [-0.15, -0.1) is 24.0 Å². The van der Waals surface area contributed by atoms with Crippen molar-refractivity contribution in [3.63, 3.8) is 0 Å². The van der Waals surface area contributed by atoms with Gasteiger partial charge < -0.3 is 15.5 Å². The Morgan fingerprint density at radius 2 is 1.84 bits per heavy atom. The molecule has 1 aromatic carbocycles. The van der Waals surface area contributed by atoms with Gasteiger partial charge in [-0.3, -0.25) is 9.89 Å². The first-order valence-electron chi connectivity index (χ1n) is 8.82. The summed E-state index contributed by atoms with van der Waals surface area (Å²) >= 11 is 0. The molecule has 0 aliphatic carbocycles. The van der Waals surface area contributed by atoms with Gasteiger partial charge in [0.15, 0.2) is 5.96 Å². The number of anilines is 1. The molecule has 1 aliphatic heterocycles. The molecule has 0 spiro atoms. The molecule has 0 aromatic heterocycles. The van der Waals surface area contributed by atoms with E-state index in [0.29, 0.717) is 6.04 Å². The molecule has 7 heteroatoms. The monoisotopic (exact) mass is 463 g/mol. The van der Waals surface area contributed by atoms with Gasteiger partial charge >= 0.3 is 0 Å². The van der Waals surface area contributed by atoms with E-state index < -0.39 is 0 Å². The van der Waals surface area contributed by atoms with Crippen LogP contribution in [0.25, 0.3) is 0 Å². The summed E-state index contributed by atoms with van der Waals surface area (Å²) in [6.45, 7) is 10.2. The molecule has 1 fully saturated rings. The summed E-state index contributed by atoms with van der Waals surface area (Å²) in [7, 11) is 1.80. The normalized spacial score (nSPS) is 17.0. The molecule has 0 saturated carbocycles. The van der Waals surface area contributed by atoms with Gasteiger partial charge in [-0.2, -0.15) is 0 Å². The highest BCUT2D eigenvalue weighted by Crippen LogP contribution is 2.16. The van der Waals surface area contributed by atoms with Gasteiger partial charge in [-0.25, -0.2) is 4.39 Å². The van der Waals surface area contributed by atoms with Crippen LogP contribution in [0.5, 0.6) is 0 Å². The fourth-order valence-electron chi connectivity index (χ4n) is 2.74. The van der Waals surface area contributed by atoms with Crippen molar-refractivity contribution < 1.29 is 4.39 Å². The first-order valence-corrected chi connectivity index (χ1v) is 8.82. The van der Waals surface area contributed by atoms with Crippen LogP contribution < -0.4 is 15.5 Å². The molecular formula is C18H31FIN5. The van der Waals surface area contributed by atoms with Crippen molar-refractivity contribution in [2.75, 3.05) is 51.2 Å². The Morgan fingerprint density at radius 1 is 1.20 bits per heavy atom. The van der Waals surface area contributed by atoms with Gasteiger partial charge in [0.2, 0.25) is 0 Å². The third-order valence-corrected chi connectivity index (χ3v) is 4.50. The van der Waals surface area contributed by atoms with Crippen LogP contribution in [0, 0.1) is 5.82 Å². The van der Waals surface area contributed by atoms with Crippen molar-refractivity contribution in [3.05, 3.63) is 30.1 Å². The van der Waals surface area contributed by atoms with Crippen molar-refractivity contribution in [2.45, 2.75) is 26.3 Å². The standard InChI is InChI=1S/C18H30FN5.HI/c1-4-15(2)22-18(20-3)21-9-10-23-11-13-24(14-12-23)17-7-5-16(19)6-8-17;/h5-8,15H,4,9-14H2,1-3H3,(H2,20,21,22);1H. The first kappa shape index (κ1) is 22.0. The molecule has 1 saturated heterocycles. The number of nitrogens with zero attached hydrogens (tertiary/aromatic N) is 3. The Labute approximate surface area is 168 Å². The number of rotatable bonds is 6. The number of halogens is 2. The van der Waals surface area contributed by atoms with Crippen LogP contribution in [0.15, 0.2) is 29.3 Å². The van der Waals surface area contributed by atoms with E-state index in [4.69, 9.17) is 0 Å². The van der Waals surface area contributed by atoms with E-state index in [0.717, 1.165) is 57.3 Å². The van der Waals surface area contributed by atoms with E-state index in [9.17, 15) is 4.39 Å². The summed E-state index contributed by atoms with van der Waals surface area (Å²) in [5.74, 6) is 0.692. The largest absolute Gasteiger partial charge is 0.369 e. The van der Waals surface area contributed by atoms with E-state index in [-0.39, 0.29) is 29.8 Å². The Kier molecular flexibility index (Phi) is 10.1. The molecule has 0 amide bonds. The van der Waals surface area contributed by atoms with E-state index in [1.54, 1.807) is 7.05 Å². The summed E-state index contributed by atoms with van der Waals surface area (Å²) in [4.78, 5) is 9.01. The number of hydrogen-bond acceptors (Lipinski definition) is 3. The van der Waals surface area contributed by atoms with Gasteiger partial charge in [-0.1, -0.05) is 6.92 Å². The number of benzene rings is 1. The van der Waals surface area contributed by atoms with Crippen molar-refractivity contribution in [1.29, 1.82) is 0 Å². The Hall–Kier alpha value is -1.09. The summed E-state index contributed by atoms with van der Waals surface area (Å²) in [6.07, 6.45) is 1.08. The Morgan fingerprint density at radius 3 is 2.40 bits per heavy atom. The molecular weight excluding hydrogens is 432 g/mol. The number of aliphatic imine (C=N–C) groups is 1. The van der Waals surface area contributed by atoms with Gasteiger partial charge in [0.25, 0.3) is 0 Å². The van der Waals surface area contributed by atoms with Crippen molar-refractivity contribution >= 4 is 35.6 Å². The molecule has 0 radical (unpaired) electrons. The van der Waals surface area contributed by atoms with Crippen LogP contribution in [0.2, 0.25) is 0 Å². The minimum absolute atomic E-state index is 0. The second-order valence-corrected chi connectivity index (χ2v) is 6.26. The highest BCUT2D eigenvalue weighted by molar-refractivity contribution is 14.0. The zero-order valence-electron chi connectivity index (χ0n) is 15.5. The van der Waals surface area contributed by atoms with E-state index in [1.165, 1.54) is 12.1 Å². The highest BCUT2D eigenvalue weighted by atomic mass is 127. The molecule has 1 unspecified atom stereocenters. The number of hydrogen-bond donors (Lipinski definition) is 2. The van der Waals surface area contributed by atoms with E-state index in [1.807, 2.05) is 12.1 Å². The summed E-state index contributed by atoms with van der Waals surface area (Å²) < 4.78 is 13.0. The average Bonchev–Trinajstić information content (AvgIpc) is 2.62. The van der Waals surface area contributed by atoms with E-state index in [2.05, 4.69) is 39.3 Å². The first-order chi connectivity index (χ1) is 11.6. The lowest BCUT2D eigenvalue weighted by Gasteiger charge is -2.36. The molecule has 0 bridgehead atoms. The summed E-state index contributed by atoms with van der Waals surface area (Å²) in [6, 6.07) is 7.20. The lowest BCUT2D eigenvalue weighted by atomic mass is 10.2. The van der Waals surface area contributed by atoms with Crippen LogP contribution in [0.3, 0.4) is 0 Å². The van der Waals surface area contributed by atoms with Crippen LogP contribution in [-0.4, -0.2) is 63.2 Å². The zero-order valence-corrected chi connectivity index (χ0v) is 17.8. The zero-order chi connectivity index (χ0) is 17.4. The van der Waals surface area contributed by atoms with E-state index >= 15 is 0 Å². The summed E-state index contributed by atoms with van der Waals surface area (Å²) in [5.41, 5.74) is 1.10. The maximum absolute atomic E-state index is 13.0. The minimum Gasteiger partial charge on any atom is -0.369 e. The predicted octanol–water partition coefficient (Wildman–Crippen LogP) is 2.53. The predicted molar refractivity (Wildman–Crippen MR) is 115 cm³/mol. The maximum atomic E-state index is 13.0. The molecule has 1 aliphatic rings. The van der Waals surface area contributed by atoms with Crippen molar-refractivity contribution in [2.24, 2.45) is 4.99 Å². The topological polar surface area (TPSA) is 42.9 Å². The maximum Gasteiger partial charge on any atom is 0.191 e. The quantitative estimate of drug-likeness (QED) is 0.387. The Bertz CT molecular complexity index is 515. The van der Waals surface area contributed by atoms with Crippen molar-refractivity contribution in [1.82, 2.24) is 15.5 Å². The molecule has 25 heavy (non-hydrogen) atoms. The molecule has 5 nitrogen and oxygen atoms in total. The number of piperazine rings is 1. The number of guanidine groups is 1. The molecule has 142 valence electrons. The smallest absolute Gasteiger partial charge is 0.191 e. The Balaban J connectivity index is 0.00000312. The fraction of sp³-hybridized carbons (Fsp3) is 0.611. The second-order valence-electron chi connectivity index (χ2n) is 6.26. The third kappa shape index (κ3) is 7.35. The van der Waals surface area contributed by atoms with Crippen LogP contribution in [0.1, 0.15) is 20.3 Å². The fourth-order valence-corrected chi connectivity index (χ4v) is 2.74. The number of nitrogens with one attached hydrogen (secondary N) is 2. The highest BCUT2D eigenvalue weighted by Gasteiger charge is 2.17. The molecule has 1 heterocycles. The van der Waals surface area contributed by atoms with Gasteiger partial charge in [0.1, 0.15) is 5.82 Å². The van der Waals surface area contributed by atoms with Gasteiger partial charge in [-0.05, 0) is 37.6 Å². The molecule has 2 N–H and O–H groups in total. The van der Waals surface area contributed by atoms with Gasteiger partial charge in [0.05, 0.1) is 0 Å². The average molecular weight is 463 g/mol. The van der Waals surface area contributed by atoms with Crippen LogP contribution >= 0.6 is 24.0 Å². The minimum atomic E-state index is -0.178. The SMILES string of the molecule is CCC(C)NC(=NC)NCCN1CCN(c2ccc(F)cc2)CC1.I. The lowest BCUT2D eigenvalue weighted by Crippen LogP contribution is -2.50. The third-order valence-electron chi connectivity index (χ3n) is 4.50. The molecule has 2 rings (SSSR count).